The van der Waals surface area contributed by atoms with Crippen LogP contribution in [0.25, 0.3) is 0 Å². The van der Waals surface area contributed by atoms with Gasteiger partial charge in [-0.25, -0.2) is 0 Å². The summed E-state index contributed by atoms with van der Waals surface area (Å²) >= 11 is 0. The Labute approximate surface area is 126 Å². The number of rotatable bonds is 8. The number of hydrogen-bond acceptors (Lipinski definition) is 4. The number of benzene rings is 1. The molecule has 0 radical (unpaired) electrons. The van der Waals surface area contributed by atoms with E-state index in [1.54, 1.807) is 7.98 Å². The molecule has 0 unspecified atom stereocenters. The molecular formula is C15H23BN2O3. The molecule has 0 saturated heterocycles. The van der Waals surface area contributed by atoms with E-state index in [0.717, 1.165) is 5.56 Å². The van der Waals surface area contributed by atoms with Crippen molar-refractivity contribution in [3.8, 4) is 0 Å². The van der Waals surface area contributed by atoms with Crippen LogP contribution in [0.2, 0.25) is 0 Å². The molecule has 0 bridgehead atoms. The van der Waals surface area contributed by atoms with Crippen molar-refractivity contribution in [3.05, 3.63) is 35.9 Å². The van der Waals surface area contributed by atoms with E-state index in [1.165, 1.54) is 0 Å². The zero-order chi connectivity index (χ0) is 15.7. The first-order chi connectivity index (χ1) is 10.0. The maximum Gasteiger partial charge on any atom is 0.307 e. The number of esters is 1. The third kappa shape index (κ3) is 6.45. The summed E-state index contributed by atoms with van der Waals surface area (Å²) in [5.41, 5.74) is 0.949. The molecule has 0 aliphatic carbocycles. The normalized spacial score (nSPS) is 12.0. The lowest BCUT2D eigenvalue weighted by atomic mass is 10.0. The van der Waals surface area contributed by atoms with E-state index in [2.05, 4.69) is 10.5 Å². The number of ether oxygens (including phenoxy) is 1. The average Bonchev–Trinajstić information content (AvgIpc) is 2.46. The predicted octanol–water partition coefficient (Wildman–Crippen LogP) is 0.398. The van der Waals surface area contributed by atoms with Gasteiger partial charge in [-0.1, -0.05) is 44.2 Å². The first-order valence-corrected chi connectivity index (χ1v) is 7.19. The Balaban J connectivity index is 2.23. The number of nitrogens with one attached hydrogen (secondary N) is 2. The van der Waals surface area contributed by atoms with Crippen LogP contribution in [0.4, 0.5) is 0 Å². The molecule has 6 heteroatoms. The minimum atomic E-state index is -0.315. The van der Waals surface area contributed by atoms with Crippen LogP contribution in [0, 0.1) is 5.92 Å². The fourth-order valence-corrected chi connectivity index (χ4v) is 1.98. The summed E-state index contributed by atoms with van der Waals surface area (Å²) in [4.78, 5) is 23.4. The topological polar surface area (TPSA) is 67.4 Å². The standard InChI is InChI=1S/C15H23BN2O3/c1-11(2)14(18-16)15(20)17-9-8-13(19)21-10-12-6-4-3-5-7-12/h3-7,11,14,18H,8-10,16H2,1-2H3,(H,17,20)/t14-/m0/s1. The molecule has 0 aromatic heterocycles. The van der Waals surface area contributed by atoms with Gasteiger partial charge in [-0.2, -0.15) is 0 Å². The second kappa shape index (κ2) is 9.18. The Morgan fingerprint density at radius 1 is 1.24 bits per heavy atom. The van der Waals surface area contributed by atoms with Crippen molar-refractivity contribution < 1.29 is 14.3 Å². The molecule has 1 atom stereocenters. The lowest BCUT2D eigenvalue weighted by Gasteiger charge is -2.19. The number of amides is 1. The van der Waals surface area contributed by atoms with E-state index in [-0.39, 0.29) is 43.4 Å². The van der Waals surface area contributed by atoms with E-state index in [9.17, 15) is 9.59 Å². The summed E-state index contributed by atoms with van der Waals surface area (Å²) in [5, 5.41) is 5.70. The van der Waals surface area contributed by atoms with Crippen molar-refractivity contribution in [2.24, 2.45) is 5.92 Å². The molecule has 0 heterocycles. The third-order valence-corrected chi connectivity index (χ3v) is 3.13. The zero-order valence-corrected chi connectivity index (χ0v) is 12.9. The number of hydrogen-bond donors (Lipinski definition) is 2. The summed E-state index contributed by atoms with van der Waals surface area (Å²) in [5.74, 6) is -0.215. The molecule has 21 heavy (non-hydrogen) atoms. The van der Waals surface area contributed by atoms with Crippen LogP contribution in [-0.4, -0.2) is 32.4 Å². The summed E-state index contributed by atoms with van der Waals surface area (Å²) in [6.07, 6.45) is 0.174. The highest BCUT2D eigenvalue weighted by molar-refractivity contribution is 6.06. The summed E-state index contributed by atoms with van der Waals surface area (Å²) < 4.78 is 5.14. The molecule has 2 N–H and O–H groups in total. The van der Waals surface area contributed by atoms with Gasteiger partial charge in [0.15, 0.2) is 7.98 Å². The van der Waals surface area contributed by atoms with Crippen LogP contribution in [0.3, 0.4) is 0 Å². The molecule has 5 nitrogen and oxygen atoms in total. The van der Waals surface area contributed by atoms with Gasteiger partial charge in [-0.15, -0.1) is 0 Å². The monoisotopic (exact) mass is 290 g/mol. The van der Waals surface area contributed by atoms with Gasteiger partial charge in [0.05, 0.1) is 12.5 Å². The maximum absolute atomic E-state index is 11.9. The number of carbonyl (C=O) groups is 2. The van der Waals surface area contributed by atoms with Gasteiger partial charge in [0.2, 0.25) is 5.91 Å². The second-order valence-corrected chi connectivity index (χ2v) is 5.20. The first-order valence-electron chi connectivity index (χ1n) is 7.19. The molecule has 0 spiro atoms. The van der Waals surface area contributed by atoms with Crippen LogP contribution < -0.4 is 10.5 Å². The number of carbonyl (C=O) groups excluding carboxylic acids is 2. The van der Waals surface area contributed by atoms with Crippen molar-refractivity contribution in [3.63, 3.8) is 0 Å². The van der Waals surface area contributed by atoms with Gasteiger partial charge in [0.25, 0.3) is 0 Å². The van der Waals surface area contributed by atoms with Crippen LogP contribution in [0.5, 0.6) is 0 Å². The van der Waals surface area contributed by atoms with E-state index >= 15 is 0 Å². The van der Waals surface area contributed by atoms with Gasteiger partial charge in [-0.3, -0.25) is 9.59 Å². The molecule has 1 amide bonds. The van der Waals surface area contributed by atoms with E-state index < -0.39 is 0 Å². The van der Waals surface area contributed by atoms with Crippen molar-refractivity contribution in [2.45, 2.75) is 32.9 Å². The minimum Gasteiger partial charge on any atom is -0.461 e. The highest BCUT2D eigenvalue weighted by Gasteiger charge is 2.19. The summed E-state index contributed by atoms with van der Waals surface area (Å²) in [6, 6.07) is 9.25. The molecule has 1 aromatic rings. The summed E-state index contributed by atoms with van der Waals surface area (Å²) in [6.45, 7) is 4.49. The Morgan fingerprint density at radius 3 is 2.48 bits per heavy atom. The van der Waals surface area contributed by atoms with Gasteiger partial charge in [0.1, 0.15) is 6.61 Å². The van der Waals surface area contributed by atoms with Crippen molar-refractivity contribution in [2.75, 3.05) is 6.54 Å². The van der Waals surface area contributed by atoms with Gasteiger partial charge >= 0.3 is 5.97 Å². The zero-order valence-electron chi connectivity index (χ0n) is 12.9. The minimum absolute atomic E-state index is 0.0941. The Morgan fingerprint density at radius 2 is 1.90 bits per heavy atom. The van der Waals surface area contributed by atoms with Crippen LogP contribution in [0.15, 0.2) is 30.3 Å². The molecular weight excluding hydrogens is 267 g/mol. The van der Waals surface area contributed by atoms with E-state index in [4.69, 9.17) is 4.74 Å². The Kier molecular flexibility index (Phi) is 7.54. The predicted molar refractivity (Wildman–Crippen MR) is 84.2 cm³/mol. The molecule has 1 rings (SSSR count). The van der Waals surface area contributed by atoms with Crippen molar-refractivity contribution >= 4 is 19.9 Å². The maximum atomic E-state index is 11.9. The molecule has 0 aliphatic rings. The third-order valence-electron chi connectivity index (χ3n) is 3.13. The molecule has 0 fully saturated rings. The summed E-state index contributed by atoms with van der Waals surface area (Å²) in [7, 11) is 1.75. The van der Waals surface area contributed by atoms with E-state index in [0.29, 0.717) is 0 Å². The lowest BCUT2D eigenvalue weighted by molar-refractivity contribution is -0.144. The molecule has 114 valence electrons. The molecule has 0 aliphatic heterocycles. The smallest absolute Gasteiger partial charge is 0.307 e. The second-order valence-electron chi connectivity index (χ2n) is 5.20. The van der Waals surface area contributed by atoms with Crippen LogP contribution in [-0.2, 0) is 20.9 Å². The highest BCUT2D eigenvalue weighted by atomic mass is 16.5. The SMILES string of the molecule is BN[C@H](C(=O)NCCC(=O)OCc1ccccc1)C(C)C. The van der Waals surface area contributed by atoms with Gasteiger partial charge < -0.3 is 15.3 Å². The van der Waals surface area contributed by atoms with Crippen LogP contribution in [0.1, 0.15) is 25.8 Å². The first kappa shape index (κ1) is 17.2. The Bertz CT molecular complexity index is 451. The highest BCUT2D eigenvalue weighted by Crippen LogP contribution is 2.02. The molecule has 1 aromatic carbocycles. The lowest BCUT2D eigenvalue weighted by Crippen LogP contribution is -2.46. The molecule has 0 saturated carbocycles. The fraction of sp³-hybridized carbons (Fsp3) is 0.467. The largest absolute Gasteiger partial charge is 0.461 e. The quantitative estimate of drug-likeness (QED) is 0.537. The fourth-order valence-electron chi connectivity index (χ4n) is 1.98. The van der Waals surface area contributed by atoms with Crippen molar-refractivity contribution in [1.82, 2.24) is 10.5 Å². The van der Waals surface area contributed by atoms with E-state index in [1.807, 2.05) is 44.2 Å². The van der Waals surface area contributed by atoms with Crippen molar-refractivity contribution in [1.29, 1.82) is 0 Å². The van der Waals surface area contributed by atoms with Gasteiger partial charge in [-0.05, 0) is 11.5 Å². The average molecular weight is 290 g/mol. The van der Waals surface area contributed by atoms with Gasteiger partial charge in [0, 0.05) is 6.54 Å². The van der Waals surface area contributed by atoms with Crippen LogP contribution >= 0.6 is 0 Å². The Hall–Kier alpha value is -1.82.